The van der Waals surface area contributed by atoms with Crippen molar-refractivity contribution in [2.75, 3.05) is 13.2 Å². The molecule has 15 heavy (non-hydrogen) atoms. The molecule has 1 unspecified atom stereocenters. The first kappa shape index (κ1) is 12.3. The lowest BCUT2D eigenvalue weighted by atomic mass is 9.98. The highest BCUT2D eigenvalue weighted by Gasteiger charge is 2.14. The predicted octanol–water partition coefficient (Wildman–Crippen LogP) is 3.11. The molecule has 1 aromatic carbocycles. The Labute approximate surface area is 96.4 Å². The van der Waals surface area contributed by atoms with E-state index in [1.54, 1.807) is 0 Å². The van der Waals surface area contributed by atoms with Crippen molar-refractivity contribution in [1.82, 2.24) is 0 Å². The van der Waals surface area contributed by atoms with Crippen molar-refractivity contribution in [2.24, 2.45) is 5.73 Å². The van der Waals surface area contributed by atoms with Crippen LogP contribution in [0.4, 0.5) is 0 Å². The SMILES string of the molecule is CCOc1c(Cl)cc(C)cc1C(C)CN. The Hall–Kier alpha value is -0.730. The molecule has 0 bridgehead atoms. The van der Waals surface area contributed by atoms with Gasteiger partial charge in [-0.2, -0.15) is 0 Å². The van der Waals surface area contributed by atoms with E-state index in [9.17, 15) is 0 Å². The van der Waals surface area contributed by atoms with Gasteiger partial charge in [-0.15, -0.1) is 0 Å². The Bertz CT molecular complexity index is 339. The lowest BCUT2D eigenvalue weighted by Gasteiger charge is -2.17. The quantitative estimate of drug-likeness (QED) is 0.858. The van der Waals surface area contributed by atoms with Crippen LogP contribution in [0.5, 0.6) is 5.75 Å². The summed E-state index contributed by atoms with van der Waals surface area (Å²) in [5.41, 5.74) is 7.91. The van der Waals surface area contributed by atoms with E-state index in [2.05, 4.69) is 13.0 Å². The highest BCUT2D eigenvalue weighted by molar-refractivity contribution is 6.32. The predicted molar refractivity (Wildman–Crippen MR) is 64.8 cm³/mol. The summed E-state index contributed by atoms with van der Waals surface area (Å²) in [5, 5.41) is 0.673. The van der Waals surface area contributed by atoms with E-state index in [0.29, 0.717) is 18.2 Å². The van der Waals surface area contributed by atoms with Gasteiger partial charge in [0.05, 0.1) is 11.6 Å². The summed E-state index contributed by atoms with van der Waals surface area (Å²) in [7, 11) is 0. The average molecular weight is 228 g/mol. The molecular formula is C12H18ClNO. The Balaban J connectivity index is 3.20. The maximum absolute atomic E-state index is 6.15. The molecule has 0 fully saturated rings. The number of hydrogen-bond acceptors (Lipinski definition) is 2. The van der Waals surface area contributed by atoms with Gasteiger partial charge in [0.2, 0.25) is 0 Å². The number of hydrogen-bond donors (Lipinski definition) is 1. The van der Waals surface area contributed by atoms with Crippen molar-refractivity contribution >= 4 is 11.6 Å². The number of rotatable bonds is 4. The Morgan fingerprint density at radius 3 is 2.67 bits per heavy atom. The van der Waals surface area contributed by atoms with Crippen LogP contribution < -0.4 is 10.5 Å². The average Bonchev–Trinajstić information content (AvgIpc) is 2.20. The van der Waals surface area contributed by atoms with Gasteiger partial charge in [0, 0.05) is 5.56 Å². The summed E-state index contributed by atoms with van der Waals surface area (Å²) in [6, 6.07) is 4.01. The molecule has 0 heterocycles. The van der Waals surface area contributed by atoms with E-state index < -0.39 is 0 Å². The maximum atomic E-state index is 6.15. The van der Waals surface area contributed by atoms with Crippen molar-refractivity contribution in [3.05, 3.63) is 28.3 Å². The summed E-state index contributed by atoms with van der Waals surface area (Å²) in [5.74, 6) is 1.05. The van der Waals surface area contributed by atoms with Gasteiger partial charge in [-0.1, -0.05) is 24.6 Å². The summed E-state index contributed by atoms with van der Waals surface area (Å²) >= 11 is 6.15. The van der Waals surface area contributed by atoms with E-state index in [1.165, 1.54) is 0 Å². The van der Waals surface area contributed by atoms with Crippen molar-refractivity contribution in [3.8, 4) is 5.75 Å². The molecule has 2 nitrogen and oxygen atoms in total. The number of aryl methyl sites for hydroxylation is 1. The molecule has 0 aliphatic heterocycles. The lowest BCUT2D eigenvalue weighted by Crippen LogP contribution is -2.11. The van der Waals surface area contributed by atoms with E-state index in [-0.39, 0.29) is 5.92 Å². The van der Waals surface area contributed by atoms with Gasteiger partial charge in [-0.3, -0.25) is 0 Å². The minimum Gasteiger partial charge on any atom is -0.492 e. The number of ether oxygens (including phenoxy) is 1. The van der Waals surface area contributed by atoms with Crippen molar-refractivity contribution in [2.45, 2.75) is 26.7 Å². The summed E-state index contributed by atoms with van der Waals surface area (Å²) in [6.45, 7) is 7.27. The molecule has 84 valence electrons. The summed E-state index contributed by atoms with van der Waals surface area (Å²) in [4.78, 5) is 0. The maximum Gasteiger partial charge on any atom is 0.141 e. The molecular weight excluding hydrogens is 210 g/mol. The molecule has 1 atom stereocenters. The van der Waals surface area contributed by atoms with Gasteiger partial charge in [0.1, 0.15) is 5.75 Å². The monoisotopic (exact) mass is 227 g/mol. The number of benzene rings is 1. The van der Waals surface area contributed by atoms with Crippen LogP contribution in [0.25, 0.3) is 0 Å². The third kappa shape index (κ3) is 2.86. The van der Waals surface area contributed by atoms with Crippen LogP contribution in [0.2, 0.25) is 5.02 Å². The molecule has 1 aromatic rings. The molecule has 1 rings (SSSR count). The van der Waals surface area contributed by atoms with Crippen LogP contribution in [0, 0.1) is 6.92 Å². The van der Waals surface area contributed by atoms with Gasteiger partial charge in [0.15, 0.2) is 0 Å². The van der Waals surface area contributed by atoms with E-state index in [1.807, 2.05) is 19.9 Å². The van der Waals surface area contributed by atoms with Crippen molar-refractivity contribution in [1.29, 1.82) is 0 Å². The van der Waals surface area contributed by atoms with Crippen LogP contribution in [-0.2, 0) is 0 Å². The molecule has 0 spiro atoms. The molecule has 0 aliphatic rings. The summed E-state index contributed by atoms with van der Waals surface area (Å²) < 4.78 is 5.56. The second-order valence-corrected chi connectivity index (χ2v) is 4.14. The second kappa shape index (κ2) is 5.38. The Kier molecular flexibility index (Phi) is 4.43. The van der Waals surface area contributed by atoms with Crippen LogP contribution >= 0.6 is 11.6 Å². The molecule has 2 N–H and O–H groups in total. The molecule has 0 aromatic heterocycles. The van der Waals surface area contributed by atoms with E-state index >= 15 is 0 Å². The fourth-order valence-electron chi connectivity index (χ4n) is 1.55. The van der Waals surface area contributed by atoms with Gasteiger partial charge in [-0.25, -0.2) is 0 Å². The standard InChI is InChI=1S/C12H18ClNO/c1-4-15-12-10(9(3)7-14)5-8(2)6-11(12)13/h5-6,9H,4,7,14H2,1-3H3. The minimum atomic E-state index is 0.268. The topological polar surface area (TPSA) is 35.2 Å². The zero-order valence-electron chi connectivity index (χ0n) is 9.51. The molecule has 0 amide bonds. The van der Waals surface area contributed by atoms with Crippen LogP contribution in [0.15, 0.2) is 12.1 Å². The van der Waals surface area contributed by atoms with Crippen LogP contribution in [0.1, 0.15) is 30.9 Å². The fourth-order valence-corrected chi connectivity index (χ4v) is 1.88. The highest BCUT2D eigenvalue weighted by atomic mass is 35.5. The second-order valence-electron chi connectivity index (χ2n) is 3.73. The Morgan fingerprint density at radius 1 is 1.47 bits per heavy atom. The van der Waals surface area contributed by atoms with Crippen molar-refractivity contribution < 1.29 is 4.74 Å². The largest absolute Gasteiger partial charge is 0.492 e. The van der Waals surface area contributed by atoms with Crippen molar-refractivity contribution in [3.63, 3.8) is 0 Å². The van der Waals surface area contributed by atoms with E-state index in [4.69, 9.17) is 22.1 Å². The third-order valence-corrected chi connectivity index (χ3v) is 2.67. The van der Waals surface area contributed by atoms with Gasteiger partial charge < -0.3 is 10.5 Å². The number of halogens is 1. The lowest BCUT2D eigenvalue weighted by molar-refractivity contribution is 0.335. The summed E-state index contributed by atoms with van der Waals surface area (Å²) in [6.07, 6.45) is 0. The van der Waals surface area contributed by atoms with Crippen LogP contribution in [0.3, 0.4) is 0 Å². The first-order valence-corrected chi connectivity index (χ1v) is 5.60. The number of nitrogens with two attached hydrogens (primary N) is 1. The van der Waals surface area contributed by atoms with Gasteiger partial charge in [-0.05, 0) is 37.9 Å². The molecule has 0 saturated heterocycles. The first-order chi connectivity index (χ1) is 7.10. The molecule has 0 radical (unpaired) electrons. The first-order valence-electron chi connectivity index (χ1n) is 5.23. The van der Waals surface area contributed by atoms with Gasteiger partial charge >= 0.3 is 0 Å². The zero-order chi connectivity index (χ0) is 11.4. The molecule has 0 saturated carbocycles. The normalized spacial score (nSPS) is 12.6. The van der Waals surface area contributed by atoms with Gasteiger partial charge in [0.25, 0.3) is 0 Å². The fraction of sp³-hybridized carbons (Fsp3) is 0.500. The molecule has 3 heteroatoms. The van der Waals surface area contributed by atoms with Crippen LogP contribution in [-0.4, -0.2) is 13.2 Å². The van der Waals surface area contributed by atoms with E-state index in [0.717, 1.165) is 16.9 Å². The minimum absolute atomic E-state index is 0.268. The highest BCUT2D eigenvalue weighted by Crippen LogP contribution is 2.34. The third-order valence-electron chi connectivity index (χ3n) is 2.39. The molecule has 0 aliphatic carbocycles. The Morgan fingerprint density at radius 2 is 2.13 bits per heavy atom. The zero-order valence-corrected chi connectivity index (χ0v) is 10.3. The smallest absolute Gasteiger partial charge is 0.141 e.